The third kappa shape index (κ3) is 3.26. The van der Waals surface area contributed by atoms with E-state index >= 15 is 0 Å². The molecule has 0 unspecified atom stereocenters. The second kappa shape index (κ2) is 6.60. The van der Waals surface area contributed by atoms with Gasteiger partial charge in [-0.1, -0.05) is 17.7 Å². The van der Waals surface area contributed by atoms with Crippen molar-refractivity contribution >= 4 is 23.5 Å². The molecule has 0 radical (unpaired) electrons. The molecule has 6 heteroatoms. The summed E-state index contributed by atoms with van der Waals surface area (Å²) in [6.07, 6.45) is 6.14. The van der Waals surface area contributed by atoms with Crippen molar-refractivity contribution in [3.63, 3.8) is 0 Å². The number of ether oxygens (including phenoxy) is 1. The Morgan fingerprint density at radius 2 is 1.76 bits per heavy atom. The summed E-state index contributed by atoms with van der Waals surface area (Å²) in [4.78, 5) is 24.2. The van der Waals surface area contributed by atoms with E-state index in [0.717, 1.165) is 17.9 Å². The summed E-state index contributed by atoms with van der Waals surface area (Å²) in [6.45, 7) is -0.410. The van der Waals surface area contributed by atoms with Crippen molar-refractivity contribution in [3.8, 4) is 0 Å². The average Bonchev–Trinajstić information content (AvgIpc) is 2.55. The summed E-state index contributed by atoms with van der Waals surface area (Å²) in [6, 6.07) is 4.15. The monoisotopic (exact) mass is 365 g/mol. The molecule has 0 saturated heterocycles. The predicted molar refractivity (Wildman–Crippen MR) is 90.7 cm³/mol. The lowest BCUT2D eigenvalue weighted by Gasteiger charge is -2.54. The third-order valence-electron chi connectivity index (χ3n) is 6.06. The van der Waals surface area contributed by atoms with Gasteiger partial charge in [-0.25, -0.2) is 9.18 Å². The van der Waals surface area contributed by atoms with Gasteiger partial charge in [-0.05, 0) is 67.9 Å². The molecule has 1 N–H and O–H groups in total. The van der Waals surface area contributed by atoms with E-state index in [1.807, 2.05) is 0 Å². The number of amides is 1. The van der Waals surface area contributed by atoms with Gasteiger partial charge in [0.05, 0.1) is 5.02 Å². The Kier molecular flexibility index (Phi) is 4.44. The lowest BCUT2D eigenvalue weighted by molar-refractivity contribution is -0.128. The molecule has 4 bridgehead atoms. The molecule has 0 aliphatic heterocycles. The average molecular weight is 366 g/mol. The van der Waals surface area contributed by atoms with E-state index in [-0.39, 0.29) is 22.5 Å². The molecule has 1 aromatic rings. The highest BCUT2D eigenvalue weighted by Gasteiger charge is 2.48. The first-order valence-electron chi connectivity index (χ1n) is 8.91. The number of hydrogen-bond donors (Lipinski definition) is 1. The molecule has 25 heavy (non-hydrogen) atoms. The van der Waals surface area contributed by atoms with E-state index in [0.29, 0.717) is 11.8 Å². The molecule has 4 saturated carbocycles. The quantitative estimate of drug-likeness (QED) is 0.830. The molecule has 4 fully saturated rings. The Morgan fingerprint density at radius 1 is 1.12 bits per heavy atom. The number of hydrogen-bond acceptors (Lipinski definition) is 3. The Hall–Kier alpha value is -1.62. The molecule has 1 amide bonds. The molecule has 0 atom stereocenters. The van der Waals surface area contributed by atoms with Crippen LogP contribution in [0.5, 0.6) is 0 Å². The maximum absolute atomic E-state index is 13.7. The van der Waals surface area contributed by atoms with Gasteiger partial charge >= 0.3 is 5.97 Å². The zero-order valence-electron chi connectivity index (χ0n) is 13.8. The molecule has 0 spiro atoms. The van der Waals surface area contributed by atoms with Crippen molar-refractivity contribution in [1.82, 2.24) is 5.32 Å². The Balaban J connectivity index is 1.33. The number of nitrogens with one attached hydrogen (secondary N) is 1. The van der Waals surface area contributed by atoms with Crippen LogP contribution in [0.2, 0.25) is 5.02 Å². The van der Waals surface area contributed by atoms with Gasteiger partial charge in [-0.3, -0.25) is 4.79 Å². The van der Waals surface area contributed by atoms with Crippen molar-refractivity contribution in [2.45, 2.75) is 38.1 Å². The zero-order chi connectivity index (χ0) is 17.6. The Labute approximate surface area is 151 Å². The van der Waals surface area contributed by atoms with Crippen molar-refractivity contribution in [3.05, 3.63) is 34.6 Å². The summed E-state index contributed by atoms with van der Waals surface area (Å²) < 4.78 is 18.7. The summed E-state index contributed by atoms with van der Waals surface area (Å²) in [7, 11) is 0. The van der Waals surface area contributed by atoms with Gasteiger partial charge in [0.2, 0.25) is 0 Å². The molecule has 4 aliphatic carbocycles. The number of esters is 1. The number of carbonyl (C=O) groups excluding carboxylic acids is 2. The van der Waals surface area contributed by atoms with Gasteiger partial charge in [0.25, 0.3) is 5.91 Å². The summed E-state index contributed by atoms with van der Waals surface area (Å²) in [5, 5.41) is 3.03. The second-order valence-electron chi connectivity index (χ2n) is 7.70. The zero-order valence-corrected chi connectivity index (χ0v) is 14.6. The fourth-order valence-corrected chi connectivity index (χ4v) is 5.52. The molecular formula is C19H21ClFNO3. The van der Waals surface area contributed by atoms with Gasteiger partial charge < -0.3 is 10.1 Å². The fourth-order valence-electron chi connectivity index (χ4n) is 5.28. The molecule has 4 aliphatic rings. The predicted octanol–water partition coefficient (Wildman–Crippen LogP) is 3.58. The largest absolute Gasteiger partial charge is 0.452 e. The topological polar surface area (TPSA) is 55.4 Å². The lowest BCUT2D eigenvalue weighted by Crippen LogP contribution is -2.56. The van der Waals surface area contributed by atoms with Gasteiger partial charge in [-0.2, -0.15) is 0 Å². The normalized spacial score (nSPS) is 32.5. The minimum absolute atomic E-state index is 0.0218. The van der Waals surface area contributed by atoms with Crippen molar-refractivity contribution in [1.29, 1.82) is 0 Å². The summed E-state index contributed by atoms with van der Waals surface area (Å²) in [5.41, 5.74) is -0.327. The van der Waals surface area contributed by atoms with Crippen LogP contribution >= 0.6 is 11.6 Å². The number of carbonyl (C=O) groups is 2. The number of halogens is 2. The van der Waals surface area contributed by atoms with E-state index < -0.39 is 18.4 Å². The van der Waals surface area contributed by atoms with Crippen LogP contribution in [0.25, 0.3) is 0 Å². The summed E-state index contributed by atoms with van der Waals surface area (Å²) in [5.74, 6) is 0.780. The summed E-state index contributed by atoms with van der Waals surface area (Å²) >= 11 is 5.84. The first-order valence-corrected chi connectivity index (χ1v) is 9.29. The SMILES string of the molecule is O=C(COC(=O)c1c(F)cccc1Cl)NC1C2CC3CC(C2)CC1C3. The Morgan fingerprint density at radius 3 is 2.36 bits per heavy atom. The van der Waals surface area contributed by atoms with Crippen LogP contribution in [-0.4, -0.2) is 24.5 Å². The van der Waals surface area contributed by atoms with E-state index in [4.69, 9.17) is 16.3 Å². The number of benzene rings is 1. The van der Waals surface area contributed by atoms with E-state index in [1.54, 1.807) is 0 Å². The van der Waals surface area contributed by atoms with Crippen LogP contribution in [0, 0.1) is 29.5 Å². The molecule has 1 aromatic carbocycles. The highest BCUT2D eigenvalue weighted by Crippen LogP contribution is 2.53. The molecular weight excluding hydrogens is 345 g/mol. The van der Waals surface area contributed by atoms with Crippen molar-refractivity contribution in [2.24, 2.45) is 23.7 Å². The van der Waals surface area contributed by atoms with Gasteiger partial charge in [0.1, 0.15) is 11.4 Å². The third-order valence-corrected chi connectivity index (χ3v) is 6.37. The van der Waals surface area contributed by atoms with E-state index in [1.165, 1.54) is 44.2 Å². The van der Waals surface area contributed by atoms with E-state index in [2.05, 4.69) is 5.32 Å². The maximum Gasteiger partial charge on any atom is 0.343 e. The van der Waals surface area contributed by atoms with Crippen LogP contribution in [0.3, 0.4) is 0 Å². The van der Waals surface area contributed by atoms with E-state index in [9.17, 15) is 14.0 Å². The van der Waals surface area contributed by atoms with Gasteiger partial charge in [0, 0.05) is 6.04 Å². The molecule has 5 rings (SSSR count). The van der Waals surface area contributed by atoms with Gasteiger partial charge in [0.15, 0.2) is 6.61 Å². The van der Waals surface area contributed by atoms with Crippen molar-refractivity contribution < 1.29 is 18.7 Å². The maximum atomic E-state index is 13.7. The first kappa shape index (κ1) is 16.8. The lowest BCUT2D eigenvalue weighted by atomic mass is 9.54. The molecule has 0 aromatic heterocycles. The minimum atomic E-state index is -0.914. The van der Waals surface area contributed by atoms with Crippen molar-refractivity contribution in [2.75, 3.05) is 6.61 Å². The van der Waals surface area contributed by atoms with Crippen LogP contribution < -0.4 is 5.32 Å². The molecule has 4 nitrogen and oxygen atoms in total. The van der Waals surface area contributed by atoms with Crippen LogP contribution in [0.15, 0.2) is 18.2 Å². The van der Waals surface area contributed by atoms with Crippen LogP contribution in [0.1, 0.15) is 42.5 Å². The smallest absolute Gasteiger partial charge is 0.343 e. The van der Waals surface area contributed by atoms with Gasteiger partial charge in [-0.15, -0.1) is 0 Å². The second-order valence-corrected chi connectivity index (χ2v) is 8.10. The minimum Gasteiger partial charge on any atom is -0.452 e. The fraction of sp³-hybridized carbons (Fsp3) is 0.579. The molecule has 134 valence electrons. The Bertz CT molecular complexity index is 660. The first-order chi connectivity index (χ1) is 12.0. The molecule has 0 heterocycles. The highest BCUT2D eigenvalue weighted by molar-refractivity contribution is 6.33. The van der Waals surface area contributed by atoms with Crippen LogP contribution in [-0.2, 0) is 9.53 Å². The number of rotatable bonds is 4. The standard InChI is InChI=1S/C19H21ClFNO3/c20-14-2-1-3-15(21)17(14)19(24)25-9-16(23)22-18-12-5-10-4-11(7-12)8-13(18)6-10/h1-3,10-13,18H,4-9H2,(H,22,23). The highest BCUT2D eigenvalue weighted by atomic mass is 35.5. The van der Waals surface area contributed by atoms with Crippen LogP contribution in [0.4, 0.5) is 4.39 Å².